The van der Waals surface area contributed by atoms with Gasteiger partial charge in [0.25, 0.3) is 0 Å². The summed E-state index contributed by atoms with van der Waals surface area (Å²) in [5.41, 5.74) is 2.78. The predicted molar refractivity (Wildman–Crippen MR) is 117 cm³/mol. The second kappa shape index (κ2) is 8.34. The molecule has 0 spiro atoms. The summed E-state index contributed by atoms with van der Waals surface area (Å²) in [4.78, 5) is 15.4. The van der Waals surface area contributed by atoms with Crippen LogP contribution in [0.5, 0.6) is 0 Å². The van der Waals surface area contributed by atoms with Gasteiger partial charge in [0, 0.05) is 57.8 Å². The quantitative estimate of drug-likeness (QED) is 0.714. The molecule has 0 amide bonds. The van der Waals surface area contributed by atoms with E-state index in [9.17, 15) is 4.39 Å². The summed E-state index contributed by atoms with van der Waals surface area (Å²) in [6.07, 6.45) is 1.77. The van der Waals surface area contributed by atoms with Crippen LogP contribution in [0.15, 0.2) is 60.8 Å². The van der Waals surface area contributed by atoms with E-state index in [0.717, 1.165) is 43.4 Å². The highest BCUT2D eigenvalue weighted by atomic mass is 19.1. The molecule has 0 bridgehead atoms. The van der Waals surface area contributed by atoms with E-state index in [0.29, 0.717) is 11.6 Å². The van der Waals surface area contributed by atoms with E-state index in [4.69, 9.17) is 0 Å². The van der Waals surface area contributed by atoms with Crippen LogP contribution in [0.2, 0.25) is 0 Å². The Morgan fingerprint density at radius 1 is 0.897 bits per heavy atom. The SMILES string of the molecule is CN(C)c1ccc(Nc2ccnc(N3CCN(c4ccccc4F)CC3)n2)cc1. The monoisotopic (exact) mass is 392 g/mol. The third-order valence-corrected chi connectivity index (χ3v) is 5.05. The number of nitrogens with zero attached hydrogens (tertiary/aromatic N) is 5. The van der Waals surface area contributed by atoms with Gasteiger partial charge in [0.2, 0.25) is 5.95 Å². The molecule has 2 aromatic carbocycles. The fourth-order valence-corrected chi connectivity index (χ4v) is 3.42. The molecule has 1 N–H and O–H groups in total. The number of piperazine rings is 1. The van der Waals surface area contributed by atoms with Gasteiger partial charge in [-0.1, -0.05) is 12.1 Å². The first-order valence-corrected chi connectivity index (χ1v) is 9.72. The van der Waals surface area contributed by atoms with E-state index in [1.54, 1.807) is 12.3 Å². The van der Waals surface area contributed by atoms with Crippen molar-refractivity contribution < 1.29 is 4.39 Å². The Bertz CT molecular complexity index is 952. The molecule has 1 aliphatic rings. The molecular weight excluding hydrogens is 367 g/mol. The summed E-state index contributed by atoms with van der Waals surface area (Å²) in [6, 6.07) is 17.0. The van der Waals surface area contributed by atoms with Gasteiger partial charge in [0.05, 0.1) is 5.69 Å². The van der Waals surface area contributed by atoms with Crippen LogP contribution in [0, 0.1) is 5.82 Å². The number of anilines is 5. The highest BCUT2D eigenvalue weighted by Gasteiger charge is 2.21. The first-order chi connectivity index (χ1) is 14.1. The average Bonchev–Trinajstić information content (AvgIpc) is 2.75. The molecule has 1 saturated heterocycles. The molecule has 1 aromatic heterocycles. The standard InChI is InChI=1S/C22H25FN6/c1-27(2)18-9-7-17(8-10-18)25-21-11-12-24-22(26-21)29-15-13-28(14-16-29)20-6-4-3-5-19(20)23/h3-12H,13-16H2,1-2H3,(H,24,25,26). The summed E-state index contributed by atoms with van der Waals surface area (Å²) >= 11 is 0. The lowest BCUT2D eigenvalue weighted by atomic mass is 10.2. The number of halogens is 1. The van der Waals surface area contributed by atoms with E-state index < -0.39 is 0 Å². The predicted octanol–water partition coefficient (Wildman–Crippen LogP) is 3.75. The minimum atomic E-state index is -0.177. The van der Waals surface area contributed by atoms with E-state index >= 15 is 0 Å². The van der Waals surface area contributed by atoms with Crippen LogP contribution in [0.3, 0.4) is 0 Å². The topological polar surface area (TPSA) is 47.5 Å². The fourth-order valence-electron chi connectivity index (χ4n) is 3.42. The minimum absolute atomic E-state index is 0.177. The molecule has 3 aromatic rings. The fraction of sp³-hybridized carbons (Fsp3) is 0.273. The van der Waals surface area contributed by atoms with Crippen molar-refractivity contribution in [2.45, 2.75) is 0 Å². The molecule has 0 radical (unpaired) electrons. The zero-order valence-corrected chi connectivity index (χ0v) is 16.7. The third-order valence-electron chi connectivity index (χ3n) is 5.05. The molecule has 2 heterocycles. The van der Waals surface area contributed by atoms with Crippen molar-refractivity contribution in [3.63, 3.8) is 0 Å². The van der Waals surface area contributed by atoms with Crippen molar-refractivity contribution >= 4 is 28.8 Å². The Kier molecular flexibility index (Phi) is 5.46. The zero-order valence-electron chi connectivity index (χ0n) is 16.7. The van der Waals surface area contributed by atoms with Gasteiger partial charge in [-0.2, -0.15) is 4.98 Å². The summed E-state index contributed by atoms with van der Waals surface area (Å²) in [6.45, 7) is 2.95. The van der Waals surface area contributed by atoms with Crippen molar-refractivity contribution in [3.8, 4) is 0 Å². The molecule has 7 heteroatoms. The van der Waals surface area contributed by atoms with Crippen LogP contribution < -0.4 is 20.0 Å². The van der Waals surface area contributed by atoms with Crippen LogP contribution >= 0.6 is 0 Å². The zero-order chi connectivity index (χ0) is 20.2. The maximum absolute atomic E-state index is 14.0. The molecule has 4 rings (SSSR count). The Morgan fingerprint density at radius 3 is 2.28 bits per heavy atom. The van der Waals surface area contributed by atoms with Crippen LogP contribution in [0.25, 0.3) is 0 Å². The second-order valence-corrected chi connectivity index (χ2v) is 7.23. The number of hydrogen-bond acceptors (Lipinski definition) is 6. The van der Waals surface area contributed by atoms with Crippen LogP contribution in [0.4, 0.5) is 33.2 Å². The Hall–Kier alpha value is -3.35. The highest BCUT2D eigenvalue weighted by molar-refractivity contribution is 5.61. The highest BCUT2D eigenvalue weighted by Crippen LogP contribution is 2.23. The van der Waals surface area contributed by atoms with Crippen molar-refractivity contribution in [2.24, 2.45) is 0 Å². The molecule has 0 aliphatic carbocycles. The van der Waals surface area contributed by atoms with Crippen LogP contribution in [-0.2, 0) is 0 Å². The lowest BCUT2D eigenvalue weighted by Crippen LogP contribution is -2.47. The molecule has 0 saturated carbocycles. The van der Waals surface area contributed by atoms with Crippen molar-refractivity contribution in [3.05, 3.63) is 66.6 Å². The molecule has 1 fully saturated rings. The summed E-state index contributed by atoms with van der Waals surface area (Å²) in [5, 5.41) is 3.34. The third kappa shape index (κ3) is 4.39. The van der Waals surface area contributed by atoms with Gasteiger partial charge >= 0.3 is 0 Å². The number of benzene rings is 2. The van der Waals surface area contributed by atoms with Crippen LogP contribution in [-0.4, -0.2) is 50.2 Å². The number of rotatable bonds is 5. The first kappa shape index (κ1) is 19.0. The molecule has 150 valence electrons. The van der Waals surface area contributed by atoms with E-state index in [2.05, 4.69) is 42.1 Å². The molecule has 1 aliphatic heterocycles. The van der Waals surface area contributed by atoms with Gasteiger partial charge in [-0.05, 0) is 42.5 Å². The van der Waals surface area contributed by atoms with Crippen LogP contribution in [0.1, 0.15) is 0 Å². The summed E-state index contributed by atoms with van der Waals surface area (Å²) in [5.74, 6) is 1.26. The molecule has 29 heavy (non-hydrogen) atoms. The number of aromatic nitrogens is 2. The Balaban J connectivity index is 1.41. The van der Waals surface area contributed by atoms with Gasteiger partial charge in [-0.25, -0.2) is 9.37 Å². The van der Waals surface area contributed by atoms with Crippen molar-refractivity contribution in [1.29, 1.82) is 0 Å². The van der Waals surface area contributed by atoms with Gasteiger partial charge in [0.1, 0.15) is 11.6 Å². The largest absolute Gasteiger partial charge is 0.378 e. The molecule has 0 atom stereocenters. The van der Waals surface area contributed by atoms with Gasteiger partial charge < -0.3 is 20.0 Å². The Morgan fingerprint density at radius 2 is 1.59 bits per heavy atom. The van der Waals surface area contributed by atoms with Gasteiger partial charge in [-0.15, -0.1) is 0 Å². The summed E-state index contributed by atoms with van der Waals surface area (Å²) < 4.78 is 14.0. The van der Waals surface area contributed by atoms with Gasteiger partial charge in [-0.3, -0.25) is 0 Å². The maximum Gasteiger partial charge on any atom is 0.227 e. The lowest BCUT2D eigenvalue weighted by Gasteiger charge is -2.36. The second-order valence-electron chi connectivity index (χ2n) is 7.23. The van der Waals surface area contributed by atoms with E-state index in [1.807, 2.05) is 44.4 Å². The normalized spacial score (nSPS) is 14.0. The smallest absolute Gasteiger partial charge is 0.227 e. The number of para-hydroxylation sites is 1. The maximum atomic E-state index is 14.0. The molecule has 0 unspecified atom stereocenters. The van der Waals surface area contributed by atoms with Crippen molar-refractivity contribution in [1.82, 2.24) is 9.97 Å². The minimum Gasteiger partial charge on any atom is -0.378 e. The average molecular weight is 392 g/mol. The molecule has 6 nitrogen and oxygen atoms in total. The van der Waals surface area contributed by atoms with E-state index in [1.165, 1.54) is 6.07 Å². The van der Waals surface area contributed by atoms with Crippen molar-refractivity contribution in [2.75, 3.05) is 60.3 Å². The number of hydrogen-bond donors (Lipinski definition) is 1. The lowest BCUT2D eigenvalue weighted by molar-refractivity contribution is 0.594. The Labute approximate surface area is 170 Å². The first-order valence-electron chi connectivity index (χ1n) is 9.72. The summed E-state index contributed by atoms with van der Waals surface area (Å²) in [7, 11) is 4.04. The molecular formula is C22H25FN6. The van der Waals surface area contributed by atoms with Gasteiger partial charge in [0.15, 0.2) is 0 Å². The van der Waals surface area contributed by atoms with E-state index in [-0.39, 0.29) is 5.82 Å². The number of nitrogens with one attached hydrogen (secondary N) is 1.